The lowest BCUT2D eigenvalue weighted by molar-refractivity contribution is 0.311. The Kier molecular flexibility index (Phi) is 2.71. The molecule has 0 N–H and O–H groups in total. The first kappa shape index (κ1) is 14.1. The van der Waals surface area contributed by atoms with E-state index in [2.05, 4.69) is 4.74 Å². The molecule has 1 nitrogen and oxygen atoms in total. The van der Waals surface area contributed by atoms with Crippen LogP contribution in [0.15, 0.2) is 17.0 Å². The van der Waals surface area contributed by atoms with E-state index in [-0.39, 0.29) is 12.2 Å². The second kappa shape index (κ2) is 3.28. The minimum Gasteiger partial charge on any atom is -0.492 e. The lowest BCUT2D eigenvalue weighted by Crippen LogP contribution is -2.12. The summed E-state index contributed by atoms with van der Waals surface area (Å²) in [6, 6.07) is 2.26. The molecule has 1 aromatic rings. The number of hydrogen-bond donors (Lipinski definition) is 0. The summed E-state index contributed by atoms with van der Waals surface area (Å²) in [5.74, 6) is -0.810. The summed E-state index contributed by atoms with van der Waals surface area (Å²) in [7, 11) is -9.73. The molecule has 0 spiro atoms. The minimum atomic E-state index is -9.73. The quantitative estimate of drug-likeness (QED) is 0.675. The zero-order valence-corrected chi connectivity index (χ0v) is 10.4. The van der Waals surface area contributed by atoms with Gasteiger partial charge in [0, 0.05) is 0 Å². The predicted molar refractivity (Wildman–Crippen MR) is 58.5 cm³/mol. The van der Waals surface area contributed by atoms with Gasteiger partial charge in [0.25, 0.3) is 0 Å². The van der Waals surface area contributed by atoms with E-state index in [0.29, 0.717) is 0 Å². The molecule has 7 heteroatoms. The van der Waals surface area contributed by atoms with Gasteiger partial charge in [0.05, 0.1) is 6.61 Å². The normalized spacial score (nSPS) is 16.2. The fraction of sp³-hybridized carbons (Fsp3) is 0.400. The number of benzene rings is 1. The molecular weight excluding hydrogens is 263 g/mol. The Balaban J connectivity index is 3.68. The molecule has 0 unspecified atom stereocenters. The Bertz CT molecular complexity index is 451. The van der Waals surface area contributed by atoms with E-state index in [1.165, 1.54) is 19.9 Å². The van der Waals surface area contributed by atoms with E-state index in [1.807, 2.05) is 0 Å². The topological polar surface area (TPSA) is 9.23 Å². The van der Waals surface area contributed by atoms with Gasteiger partial charge in [-0.2, -0.15) is 0 Å². The van der Waals surface area contributed by atoms with E-state index in [9.17, 15) is 19.4 Å². The van der Waals surface area contributed by atoms with Crippen LogP contribution in [-0.4, -0.2) is 6.61 Å². The standard InChI is InChI=1S/C10H13F5OS/c1-4-16-9-6-5-7(2)8(3)10(9)17(11,12,13,14)15/h5-6H,4H2,1-3H3. The Labute approximate surface area is 96.3 Å². The summed E-state index contributed by atoms with van der Waals surface area (Å²) < 4.78 is 69.1. The smallest absolute Gasteiger partial charge is 0.314 e. The van der Waals surface area contributed by atoms with Crippen molar-refractivity contribution in [2.45, 2.75) is 25.7 Å². The second-order valence-corrected chi connectivity index (χ2v) is 6.08. The van der Waals surface area contributed by atoms with Crippen LogP contribution < -0.4 is 4.74 Å². The van der Waals surface area contributed by atoms with Crippen molar-refractivity contribution in [3.63, 3.8) is 0 Å². The van der Waals surface area contributed by atoms with Crippen LogP contribution in [0.25, 0.3) is 0 Å². The summed E-state index contributed by atoms with van der Waals surface area (Å²) >= 11 is 0. The average molecular weight is 276 g/mol. The van der Waals surface area contributed by atoms with E-state index in [4.69, 9.17) is 0 Å². The summed E-state index contributed by atoms with van der Waals surface area (Å²) in [6.45, 7) is 3.69. The first-order valence-electron chi connectivity index (χ1n) is 4.84. The number of rotatable bonds is 3. The molecule has 0 heterocycles. The molecule has 0 saturated carbocycles. The molecular formula is C10H13F5OS. The Morgan fingerprint density at radius 2 is 1.59 bits per heavy atom. The van der Waals surface area contributed by atoms with Crippen molar-refractivity contribution in [2.75, 3.05) is 6.61 Å². The van der Waals surface area contributed by atoms with Gasteiger partial charge in [-0.25, -0.2) is 0 Å². The molecule has 1 aromatic carbocycles. The number of ether oxygens (including phenoxy) is 1. The van der Waals surface area contributed by atoms with Gasteiger partial charge < -0.3 is 4.74 Å². The van der Waals surface area contributed by atoms with E-state index in [1.54, 1.807) is 0 Å². The molecule has 100 valence electrons. The Hall–Kier alpha value is -0.980. The second-order valence-electron chi connectivity index (χ2n) is 3.74. The van der Waals surface area contributed by atoms with Crippen molar-refractivity contribution in [3.8, 4) is 5.75 Å². The summed E-state index contributed by atoms with van der Waals surface area (Å²) in [5, 5.41) is 0. The van der Waals surface area contributed by atoms with Crippen molar-refractivity contribution >= 4 is 10.2 Å². The third-order valence-corrected chi connectivity index (χ3v) is 3.61. The van der Waals surface area contributed by atoms with Crippen LogP contribution in [0.4, 0.5) is 19.4 Å². The van der Waals surface area contributed by atoms with Gasteiger partial charge in [-0.05, 0) is 38.0 Å². The first-order chi connectivity index (χ1) is 7.36. The van der Waals surface area contributed by atoms with Crippen LogP contribution in [0, 0.1) is 13.8 Å². The summed E-state index contributed by atoms with van der Waals surface area (Å²) in [4.78, 5) is -1.91. The Morgan fingerprint density at radius 1 is 1.06 bits per heavy atom. The van der Waals surface area contributed by atoms with Crippen LogP contribution in [-0.2, 0) is 0 Å². The maximum atomic E-state index is 12.9. The third-order valence-electron chi connectivity index (χ3n) is 2.33. The van der Waals surface area contributed by atoms with Gasteiger partial charge in [-0.1, -0.05) is 25.5 Å². The molecule has 0 aliphatic heterocycles. The van der Waals surface area contributed by atoms with Gasteiger partial charge in [0.2, 0.25) is 0 Å². The van der Waals surface area contributed by atoms with Crippen molar-refractivity contribution in [1.82, 2.24) is 0 Å². The monoisotopic (exact) mass is 276 g/mol. The fourth-order valence-corrected chi connectivity index (χ4v) is 2.76. The number of aryl methyl sites for hydroxylation is 1. The van der Waals surface area contributed by atoms with E-state index < -0.39 is 26.4 Å². The molecule has 0 bridgehead atoms. The van der Waals surface area contributed by atoms with Crippen LogP contribution in [0.3, 0.4) is 0 Å². The summed E-state index contributed by atoms with van der Waals surface area (Å²) in [5.41, 5.74) is -0.341. The number of halogens is 5. The van der Waals surface area contributed by atoms with Gasteiger partial charge in [-0.3, -0.25) is 0 Å². The molecule has 0 aliphatic rings. The van der Waals surface area contributed by atoms with Crippen LogP contribution in [0.1, 0.15) is 18.1 Å². The fourth-order valence-electron chi connectivity index (χ4n) is 1.51. The minimum absolute atomic E-state index is 0.108. The average Bonchev–Trinajstić information content (AvgIpc) is 2.07. The largest absolute Gasteiger partial charge is 0.492 e. The SMILES string of the molecule is CCOc1ccc(C)c(C)c1S(F)(F)(F)(F)F. The number of hydrogen-bond acceptors (Lipinski definition) is 1. The van der Waals surface area contributed by atoms with Gasteiger partial charge in [0.15, 0.2) is 4.90 Å². The van der Waals surface area contributed by atoms with Crippen molar-refractivity contribution in [1.29, 1.82) is 0 Å². The molecule has 0 fully saturated rings. The molecule has 0 aliphatic carbocycles. The third kappa shape index (κ3) is 3.02. The summed E-state index contributed by atoms with van der Waals surface area (Å²) in [6.07, 6.45) is 0. The van der Waals surface area contributed by atoms with Crippen molar-refractivity contribution in [3.05, 3.63) is 23.3 Å². The lowest BCUT2D eigenvalue weighted by atomic mass is 10.1. The van der Waals surface area contributed by atoms with E-state index in [0.717, 1.165) is 13.0 Å². The molecule has 17 heavy (non-hydrogen) atoms. The molecule has 0 amide bonds. The van der Waals surface area contributed by atoms with Gasteiger partial charge in [0.1, 0.15) is 5.75 Å². The van der Waals surface area contributed by atoms with Crippen molar-refractivity contribution in [2.24, 2.45) is 0 Å². The molecule has 0 atom stereocenters. The zero-order chi connectivity index (χ0) is 13.5. The molecule has 0 saturated heterocycles. The van der Waals surface area contributed by atoms with Gasteiger partial charge in [-0.15, -0.1) is 0 Å². The highest BCUT2D eigenvalue weighted by atomic mass is 32.5. The molecule has 0 aromatic heterocycles. The van der Waals surface area contributed by atoms with Crippen molar-refractivity contribution < 1.29 is 24.2 Å². The maximum Gasteiger partial charge on any atom is 0.314 e. The predicted octanol–water partition coefficient (Wildman–Crippen LogP) is 5.36. The maximum absolute atomic E-state index is 12.9. The lowest BCUT2D eigenvalue weighted by Gasteiger charge is -2.42. The first-order valence-corrected chi connectivity index (χ1v) is 6.79. The molecule has 0 radical (unpaired) electrons. The van der Waals surface area contributed by atoms with Crippen LogP contribution >= 0.6 is 10.2 Å². The van der Waals surface area contributed by atoms with Crippen LogP contribution in [0.5, 0.6) is 5.75 Å². The highest BCUT2D eigenvalue weighted by Gasteiger charge is 2.68. The Morgan fingerprint density at radius 3 is 2.00 bits per heavy atom. The van der Waals surface area contributed by atoms with E-state index >= 15 is 0 Å². The van der Waals surface area contributed by atoms with Crippen LogP contribution in [0.2, 0.25) is 0 Å². The zero-order valence-electron chi connectivity index (χ0n) is 9.57. The van der Waals surface area contributed by atoms with Gasteiger partial charge >= 0.3 is 10.2 Å². The molecule has 1 rings (SSSR count). The highest BCUT2D eigenvalue weighted by Crippen LogP contribution is 3.03. The highest BCUT2D eigenvalue weighted by molar-refractivity contribution is 8.45.